The van der Waals surface area contributed by atoms with Crippen molar-refractivity contribution < 1.29 is 15.0 Å². The van der Waals surface area contributed by atoms with Gasteiger partial charge >= 0.3 is 57.5 Å². The van der Waals surface area contributed by atoms with Gasteiger partial charge in [-0.2, -0.15) is 0 Å². The Kier molecular flexibility index (Phi) is 25.6. The Morgan fingerprint density at radius 2 is 1.33 bits per heavy atom. The van der Waals surface area contributed by atoms with Crippen LogP contribution in [0.15, 0.2) is 0 Å². The van der Waals surface area contributed by atoms with Crippen molar-refractivity contribution >= 4 is 81.5 Å². The minimum absolute atomic E-state index is 0. The molecule has 0 radical (unpaired) electrons. The van der Waals surface area contributed by atoms with Crippen LogP contribution >= 0.6 is 24.0 Å². The third-order valence-electron chi connectivity index (χ3n) is 0. The van der Waals surface area contributed by atoms with Gasteiger partial charge in [0.1, 0.15) is 0 Å². The molecule has 0 bridgehead atoms. The van der Waals surface area contributed by atoms with Crippen LogP contribution in [0.4, 0.5) is 4.79 Å². The molecule has 0 aliphatic rings. The number of carboxylic acid groups (broad SMARTS) is 2. The van der Waals surface area contributed by atoms with Crippen molar-refractivity contribution in [3.63, 3.8) is 0 Å². The fourth-order valence-electron chi connectivity index (χ4n) is 0. The molecule has 2 N–H and O–H groups in total. The zero-order chi connectivity index (χ0) is 3.58. The monoisotopic (exact) mass is 230 g/mol. The van der Waals surface area contributed by atoms with Crippen molar-refractivity contribution in [3.05, 3.63) is 0 Å². The van der Waals surface area contributed by atoms with Crippen LogP contribution < -0.4 is 0 Å². The maximum absolute atomic E-state index is 8.56. The van der Waals surface area contributed by atoms with E-state index in [-0.39, 0.29) is 75.4 Å². The van der Waals surface area contributed by atoms with E-state index in [9.17, 15) is 0 Å². The molecule has 0 spiro atoms. The summed E-state index contributed by atoms with van der Waals surface area (Å²) in [5, 5.41) is 13.9. The van der Waals surface area contributed by atoms with Crippen LogP contribution in [-0.2, 0) is 0 Å². The molecule has 6 heavy (non-hydrogen) atoms. The van der Waals surface area contributed by atoms with Gasteiger partial charge in [-0.05, 0) is 0 Å². The zero-order valence-corrected chi connectivity index (χ0v) is 4.54. The van der Waals surface area contributed by atoms with Gasteiger partial charge in [-0.1, -0.05) is 0 Å². The van der Waals surface area contributed by atoms with E-state index in [2.05, 4.69) is 0 Å². The van der Waals surface area contributed by atoms with Crippen molar-refractivity contribution in [3.8, 4) is 0 Å². The van der Waals surface area contributed by atoms with Crippen molar-refractivity contribution in [2.24, 2.45) is 0 Å². The number of carbonyl (C=O) groups is 1. The summed E-state index contributed by atoms with van der Waals surface area (Å²) in [6.07, 6.45) is -1.83. The van der Waals surface area contributed by atoms with Crippen LogP contribution in [0.3, 0.4) is 0 Å². The average Bonchev–Trinajstić information content (AvgIpc) is 0.811. The zero-order valence-electron chi connectivity index (χ0n) is 2.21. The predicted molar refractivity (Wildman–Crippen MR) is 33.2 cm³/mol. The predicted octanol–water partition coefficient (Wildman–Crippen LogP) is 0.192. The van der Waals surface area contributed by atoms with Crippen LogP contribution in [-0.4, -0.2) is 67.8 Å². The summed E-state index contributed by atoms with van der Waals surface area (Å²) >= 11 is 0. The van der Waals surface area contributed by atoms with Crippen molar-refractivity contribution in [2.75, 3.05) is 0 Å². The van der Waals surface area contributed by atoms with Crippen molar-refractivity contribution in [1.29, 1.82) is 0 Å². The van der Waals surface area contributed by atoms with Gasteiger partial charge in [0.05, 0.1) is 0 Å². The fourth-order valence-corrected chi connectivity index (χ4v) is 0. The fraction of sp³-hybridized carbons (Fsp3) is 0. The van der Waals surface area contributed by atoms with Gasteiger partial charge in [-0.15, -0.1) is 24.0 Å². The summed E-state index contributed by atoms with van der Waals surface area (Å²) in [6, 6.07) is 0. The normalized spacial score (nSPS) is 4.00. The van der Waals surface area contributed by atoms with Crippen LogP contribution in [0.1, 0.15) is 0 Å². The number of hydrogen-bond donors (Lipinski definition) is 2. The van der Waals surface area contributed by atoms with Crippen molar-refractivity contribution in [2.45, 2.75) is 0 Å². The molecule has 0 unspecified atom stereocenters. The van der Waals surface area contributed by atoms with Gasteiger partial charge in [0, 0.05) is 0 Å². The Balaban J connectivity index is -0.0000000450. The van der Waals surface area contributed by atoms with Gasteiger partial charge in [0.2, 0.25) is 0 Å². The van der Waals surface area contributed by atoms with Crippen LogP contribution in [0.25, 0.3) is 0 Å². The first-order chi connectivity index (χ1) is 1.73. The van der Waals surface area contributed by atoms with Gasteiger partial charge in [-0.25, -0.2) is 4.79 Å². The summed E-state index contributed by atoms with van der Waals surface area (Å²) in [5.74, 6) is 0. The molecule has 0 saturated carbocycles. The van der Waals surface area contributed by atoms with E-state index in [1.165, 1.54) is 0 Å². The second-order valence-electron chi connectivity index (χ2n) is 0.283. The third-order valence-corrected chi connectivity index (χ3v) is 0. The summed E-state index contributed by atoms with van der Waals surface area (Å²) in [4.78, 5) is 8.56. The molecule has 0 saturated heterocycles. The van der Waals surface area contributed by atoms with Gasteiger partial charge in [0.15, 0.2) is 0 Å². The first kappa shape index (κ1) is 15.6. The molecule has 0 heterocycles. The summed E-state index contributed by atoms with van der Waals surface area (Å²) in [7, 11) is 0. The first-order valence-electron chi connectivity index (χ1n) is 0.651. The molecule has 5 heteroatoms. The Morgan fingerprint density at radius 3 is 1.33 bits per heavy atom. The standard InChI is InChI=1S/CH2O3.HI.K.H/c2-1(3)4;;;/h(H2,2,3,4);1H;;. The van der Waals surface area contributed by atoms with Crippen LogP contribution in [0.2, 0.25) is 0 Å². The quantitative estimate of drug-likeness (QED) is 0.461. The second-order valence-corrected chi connectivity index (χ2v) is 0.283. The molecule has 0 amide bonds. The molecule has 0 fully saturated rings. The molecule has 34 valence electrons. The molecule has 3 nitrogen and oxygen atoms in total. The SMILES string of the molecule is I.O=C(O)O.[KH]. The Hall–Kier alpha value is 1.64. The van der Waals surface area contributed by atoms with E-state index in [1.54, 1.807) is 0 Å². The molecule has 0 aromatic carbocycles. The van der Waals surface area contributed by atoms with E-state index in [4.69, 9.17) is 15.0 Å². The summed E-state index contributed by atoms with van der Waals surface area (Å²) < 4.78 is 0. The summed E-state index contributed by atoms with van der Waals surface area (Å²) in [6.45, 7) is 0. The van der Waals surface area contributed by atoms with E-state index >= 15 is 0 Å². The molecular weight excluding hydrogens is 226 g/mol. The van der Waals surface area contributed by atoms with Gasteiger partial charge < -0.3 is 10.2 Å². The number of rotatable bonds is 0. The van der Waals surface area contributed by atoms with E-state index < -0.39 is 6.16 Å². The van der Waals surface area contributed by atoms with E-state index in [0.717, 1.165) is 0 Å². The molecule has 0 aromatic rings. The van der Waals surface area contributed by atoms with Gasteiger partial charge in [-0.3, -0.25) is 0 Å². The number of halogens is 1. The maximum atomic E-state index is 8.56. The number of hydrogen-bond acceptors (Lipinski definition) is 1. The van der Waals surface area contributed by atoms with Crippen molar-refractivity contribution in [1.82, 2.24) is 0 Å². The topological polar surface area (TPSA) is 57.5 Å². The van der Waals surface area contributed by atoms with E-state index in [1.807, 2.05) is 0 Å². The molecule has 0 rings (SSSR count). The summed E-state index contributed by atoms with van der Waals surface area (Å²) in [5.41, 5.74) is 0. The average molecular weight is 230 g/mol. The van der Waals surface area contributed by atoms with Crippen LogP contribution in [0.5, 0.6) is 0 Å². The van der Waals surface area contributed by atoms with E-state index in [0.29, 0.717) is 0 Å². The minimum atomic E-state index is -1.83. The second kappa shape index (κ2) is 9.81. The Labute approximate surface area is 94.6 Å². The molecule has 0 aliphatic carbocycles. The molecule has 0 atom stereocenters. The third kappa shape index (κ3) is 45.2. The molecule has 0 aliphatic heterocycles. The molecule has 0 aromatic heterocycles. The Morgan fingerprint density at radius 1 is 1.33 bits per heavy atom. The Bertz CT molecular complexity index is 33.8. The molecular formula is CH4IKO3. The van der Waals surface area contributed by atoms with Gasteiger partial charge in [0.25, 0.3) is 0 Å². The first-order valence-corrected chi connectivity index (χ1v) is 0.651. The van der Waals surface area contributed by atoms with Crippen LogP contribution in [0, 0.1) is 0 Å².